The lowest BCUT2D eigenvalue weighted by Gasteiger charge is -2.22. The summed E-state index contributed by atoms with van der Waals surface area (Å²) < 4.78 is 13.9. The molecule has 2 amide bonds. The number of anilines is 2. The highest BCUT2D eigenvalue weighted by molar-refractivity contribution is 9.10. The number of carbonyl (C=O) groups is 2. The Bertz CT molecular complexity index is 721. The van der Waals surface area contributed by atoms with Gasteiger partial charge in [0.15, 0.2) is 0 Å². The van der Waals surface area contributed by atoms with E-state index in [1.807, 2.05) is 18.2 Å². The van der Waals surface area contributed by atoms with Gasteiger partial charge >= 0.3 is 0 Å². The summed E-state index contributed by atoms with van der Waals surface area (Å²) in [5.74, 6) is -0.856. The van der Waals surface area contributed by atoms with Gasteiger partial charge in [0.2, 0.25) is 11.8 Å². The van der Waals surface area contributed by atoms with Gasteiger partial charge in [-0.05, 0) is 46.3 Å². The second kappa shape index (κ2) is 7.87. The molecule has 0 saturated heterocycles. The van der Waals surface area contributed by atoms with Crippen LogP contribution in [-0.4, -0.2) is 18.4 Å². The standard InChI is InChI=1S/C17H16BrFN2O2/c1-12(22)21(16-8-3-2-7-15(16)18)10-9-17(23)20-14-6-4-5-13(19)11-14/h2-8,11H,9-10H2,1H3,(H,20,23). The van der Waals surface area contributed by atoms with Crippen LogP contribution in [0.25, 0.3) is 0 Å². The van der Waals surface area contributed by atoms with E-state index in [9.17, 15) is 14.0 Å². The second-order valence-corrected chi connectivity index (χ2v) is 5.78. The van der Waals surface area contributed by atoms with Crippen LogP contribution in [0, 0.1) is 5.82 Å². The van der Waals surface area contributed by atoms with Gasteiger partial charge in [-0.3, -0.25) is 9.59 Å². The maximum Gasteiger partial charge on any atom is 0.226 e. The van der Waals surface area contributed by atoms with E-state index in [-0.39, 0.29) is 24.8 Å². The summed E-state index contributed by atoms with van der Waals surface area (Å²) in [6, 6.07) is 13.0. The molecule has 1 N–H and O–H groups in total. The third-order valence-electron chi connectivity index (χ3n) is 3.19. The predicted octanol–water partition coefficient (Wildman–Crippen LogP) is 3.97. The first-order chi connectivity index (χ1) is 11.0. The number of amides is 2. The van der Waals surface area contributed by atoms with Crippen LogP contribution in [-0.2, 0) is 9.59 Å². The highest BCUT2D eigenvalue weighted by Gasteiger charge is 2.15. The summed E-state index contributed by atoms with van der Waals surface area (Å²) in [6.07, 6.45) is 0.109. The molecule has 0 unspecified atom stereocenters. The van der Waals surface area contributed by atoms with Crippen molar-refractivity contribution in [3.8, 4) is 0 Å². The summed E-state index contributed by atoms with van der Waals surface area (Å²) in [5.41, 5.74) is 1.10. The molecule has 0 radical (unpaired) electrons. The molecule has 4 nitrogen and oxygen atoms in total. The van der Waals surface area contributed by atoms with Crippen LogP contribution in [0.5, 0.6) is 0 Å². The first-order valence-corrected chi connectivity index (χ1v) is 7.84. The molecule has 0 spiro atoms. The van der Waals surface area contributed by atoms with Gasteiger partial charge in [-0.2, -0.15) is 0 Å². The first kappa shape index (κ1) is 17.1. The van der Waals surface area contributed by atoms with E-state index in [1.165, 1.54) is 30.0 Å². The normalized spacial score (nSPS) is 10.2. The SMILES string of the molecule is CC(=O)N(CCC(=O)Nc1cccc(F)c1)c1ccccc1Br. The molecular formula is C17H16BrFN2O2. The Kier molecular flexibility index (Phi) is 5.87. The van der Waals surface area contributed by atoms with Crippen molar-refractivity contribution < 1.29 is 14.0 Å². The molecule has 23 heavy (non-hydrogen) atoms. The Morgan fingerprint density at radius 1 is 1.17 bits per heavy atom. The van der Waals surface area contributed by atoms with E-state index in [4.69, 9.17) is 0 Å². The number of benzene rings is 2. The molecule has 6 heteroatoms. The van der Waals surface area contributed by atoms with Crippen LogP contribution in [0.3, 0.4) is 0 Å². The molecule has 0 aliphatic carbocycles. The number of para-hydroxylation sites is 1. The van der Waals surface area contributed by atoms with Crippen molar-refractivity contribution in [3.05, 3.63) is 58.8 Å². The van der Waals surface area contributed by atoms with Crippen LogP contribution < -0.4 is 10.2 Å². The average molecular weight is 379 g/mol. The van der Waals surface area contributed by atoms with Gasteiger partial charge in [0.05, 0.1) is 5.69 Å². The summed E-state index contributed by atoms with van der Waals surface area (Å²) in [6.45, 7) is 1.68. The Hall–Kier alpha value is -2.21. The molecule has 0 heterocycles. The Morgan fingerprint density at radius 3 is 2.57 bits per heavy atom. The number of hydrogen-bond donors (Lipinski definition) is 1. The molecule has 0 aliphatic rings. The minimum atomic E-state index is -0.415. The smallest absolute Gasteiger partial charge is 0.226 e. The van der Waals surface area contributed by atoms with Gasteiger partial charge < -0.3 is 10.2 Å². The van der Waals surface area contributed by atoms with E-state index >= 15 is 0 Å². The number of hydrogen-bond acceptors (Lipinski definition) is 2. The monoisotopic (exact) mass is 378 g/mol. The van der Waals surface area contributed by atoms with Gasteiger partial charge in [-0.15, -0.1) is 0 Å². The molecule has 0 aromatic heterocycles. The predicted molar refractivity (Wildman–Crippen MR) is 91.8 cm³/mol. The van der Waals surface area contributed by atoms with Crippen LogP contribution in [0.1, 0.15) is 13.3 Å². The maximum absolute atomic E-state index is 13.1. The average Bonchev–Trinajstić information content (AvgIpc) is 2.49. The van der Waals surface area contributed by atoms with Crippen molar-refractivity contribution >= 4 is 39.1 Å². The zero-order valence-corrected chi connectivity index (χ0v) is 14.1. The number of rotatable bonds is 5. The summed E-state index contributed by atoms with van der Waals surface area (Å²) in [7, 11) is 0. The molecule has 120 valence electrons. The summed E-state index contributed by atoms with van der Waals surface area (Å²) in [5, 5.41) is 2.61. The van der Waals surface area contributed by atoms with E-state index < -0.39 is 5.82 Å². The van der Waals surface area contributed by atoms with Crippen molar-refractivity contribution in [2.24, 2.45) is 0 Å². The van der Waals surface area contributed by atoms with Gasteiger partial charge in [0.1, 0.15) is 5.82 Å². The van der Waals surface area contributed by atoms with Crippen molar-refractivity contribution in [1.29, 1.82) is 0 Å². The van der Waals surface area contributed by atoms with E-state index in [1.54, 1.807) is 12.1 Å². The molecule has 0 bridgehead atoms. The van der Waals surface area contributed by atoms with Gasteiger partial charge in [-0.1, -0.05) is 18.2 Å². The van der Waals surface area contributed by atoms with Crippen molar-refractivity contribution in [2.75, 3.05) is 16.8 Å². The fourth-order valence-electron chi connectivity index (χ4n) is 2.12. The quantitative estimate of drug-likeness (QED) is 0.855. The van der Waals surface area contributed by atoms with Gasteiger partial charge in [-0.25, -0.2) is 4.39 Å². The van der Waals surface area contributed by atoms with Crippen molar-refractivity contribution in [1.82, 2.24) is 0 Å². The molecule has 2 aromatic carbocycles. The first-order valence-electron chi connectivity index (χ1n) is 7.05. The second-order valence-electron chi connectivity index (χ2n) is 4.93. The fourth-order valence-corrected chi connectivity index (χ4v) is 2.62. The summed E-state index contributed by atoms with van der Waals surface area (Å²) in [4.78, 5) is 25.3. The molecule has 0 aliphatic heterocycles. The molecule has 0 saturated carbocycles. The van der Waals surface area contributed by atoms with E-state index in [2.05, 4.69) is 21.2 Å². The molecule has 0 fully saturated rings. The van der Waals surface area contributed by atoms with Crippen LogP contribution in [0.4, 0.5) is 15.8 Å². The Morgan fingerprint density at radius 2 is 1.91 bits per heavy atom. The number of halogens is 2. The number of carbonyl (C=O) groups excluding carboxylic acids is 2. The zero-order chi connectivity index (χ0) is 16.8. The van der Waals surface area contributed by atoms with Gasteiger partial charge in [0.25, 0.3) is 0 Å². The lowest BCUT2D eigenvalue weighted by Crippen LogP contribution is -2.32. The minimum Gasteiger partial charge on any atom is -0.326 e. The topological polar surface area (TPSA) is 49.4 Å². The lowest BCUT2D eigenvalue weighted by molar-refractivity contribution is -0.117. The third-order valence-corrected chi connectivity index (χ3v) is 3.86. The fraction of sp³-hybridized carbons (Fsp3) is 0.176. The largest absolute Gasteiger partial charge is 0.326 e. The van der Waals surface area contributed by atoms with Crippen LogP contribution in [0.15, 0.2) is 53.0 Å². The highest BCUT2D eigenvalue weighted by atomic mass is 79.9. The Labute approximate surface area is 142 Å². The number of nitrogens with one attached hydrogen (secondary N) is 1. The molecule has 0 atom stereocenters. The van der Waals surface area contributed by atoms with Crippen molar-refractivity contribution in [3.63, 3.8) is 0 Å². The Balaban J connectivity index is 2.00. The zero-order valence-electron chi connectivity index (χ0n) is 12.6. The van der Waals surface area contributed by atoms with E-state index in [0.717, 1.165) is 4.47 Å². The van der Waals surface area contributed by atoms with Crippen molar-refractivity contribution in [2.45, 2.75) is 13.3 Å². The molecule has 2 aromatic rings. The molecular weight excluding hydrogens is 363 g/mol. The maximum atomic E-state index is 13.1. The highest BCUT2D eigenvalue weighted by Crippen LogP contribution is 2.26. The van der Waals surface area contributed by atoms with Crippen LogP contribution in [0.2, 0.25) is 0 Å². The number of nitrogens with zero attached hydrogens (tertiary/aromatic N) is 1. The molecule has 2 rings (SSSR count). The minimum absolute atomic E-state index is 0.109. The van der Waals surface area contributed by atoms with Gasteiger partial charge in [0, 0.05) is 30.0 Å². The summed E-state index contributed by atoms with van der Waals surface area (Å²) >= 11 is 3.40. The third kappa shape index (κ3) is 4.89. The van der Waals surface area contributed by atoms with E-state index in [0.29, 0.717) is 11.4 Å². The van der Waals surface area contributed by atoms with Crippen LogP contribution >= 0.6 is 15.9 Å². The lowest BCUT2D eigenvalue weighted by atomic mass is 10.2.